The molecule has 0 fully saturated rings. The first-order chi connectivity index (χ1) is 10.8. The summed E-state index contributed by atoms with van der Waals surface area (Å²) in [7, 11) is 0. The molecule has 0 radical (unpaired) electrons. The molecule has 120 valence electrons. The Morgan fingerprint density at radius 1 is 1.35 bits per heavy atom. The van der Waals surface area contributed by atoms with E-state index in [0.717, 1.165) is 0 Å². The Balaban J connectivity index is 2.39. The van der Waals surface area contributed by atoms with Crippen molar-refractivity contribution in [3.8, 4) is 0 Å². The van der Waals surface area contributed by atoms with Gasteiger partial charge in [-0.25, -0.2) is 4.39 Å². The number of benzene rings is 2. The summed E-state index contributed by atoms with van der Waals surface area (Å²) in [5, 5.41) is 14.3. The number of hydrogen-bond acceptors (Lipinski definition) is 4. The van der Waals surface area contributed by atoms with E-state index in [2.05, 4.69) is 5.32 Å². The fraction of sp³-hybridized carbons (Fsp3) is 0.188. The molecule has 1 N–H and O–H groups in total. The average Bonchev–Trinajstić information content (AvgIpc) is 2.46. The van der Waals surface area contributed by atoms with Gasteiger partial charge >= 0.3 is 0 Å². The smallest absolute Gasteiger partial charge is 0.293 e. The van der Waals surface area contributed by atoms with Crippen molar-refractivity contribution in [1.82, 2.24) is 0 Å². The fourth-order valence-electron chi connectivity index (χ4n) is 2.25. The lowest BCUT2D eigenvalue weighted by molar-refractivity contribution is -0.384. The van der Waals surface area contributed by atoms with Crippen LogP contribution in [0, 0.1) is 15.9 Å². The van der Waals surface area contributed by atoms with Crippen molar-refractivity contribution in [3.05, 3.63) is 68.5 Å². The summed E-state index contributed by atoms with van der Waals surface area (Å²) in [5.41, 5.74) is 0.391. The van der Waals surface area contributed by atoms with Gasteiger partial charge < -0.3 is 5.32 Å². The summed E-state index contributed by atoms with van der Waals surface area (Å²) in [6.07, 6.45) is 0. The highest BCUT2D eigenvalue weighted by molar-refractivity contribution is 6.31. The second-order valence-corrected chi connectivity index (χ2v) is 5.45. The lowest BCUT2D eigenvalue weighted by Crippen LogP contribution is -2.11. The molecule has 0 aromatic heterocycles. The number of carbonyl (C=O) groups excluding carboxylic acids is 1. The zero-order chi connectivity index (χ0) is 17.1. The van der Waals surface area contributed by atoms with Crippen molar-refractivity contribution in [2.75, 3.05) is 5.32 Å². The first kappa shape index (κ1) is 16.9. The van der Waals surface area contributed by atoms with Crippen molar-refractivity contribution in [1.29, 1.82) is 0 Å². The van der Waals surface area contributed by atoms with Gasteiger partial charge in [0.15, 0.2) is 5.78 Å². The number of nitrogens with zero attached hydrogens (tertiary/aromatic N) is 1. The third-order valence-corrected chi connectivity index (χ3v) is 3.74. The molecule has 1 unspecified atom stereocenters. The van der Waals surface area contributed by atoms with E-state index in [-0.39, 0.29) is 33.3 Å². The van der Waals surface area contributed by atoms with Crippen molar-refractivity contribution < 1.29 is 14.1 Å². The molecule has 5 nitrogen and oxygen atoms in total. The first-order valence-electron chi connectivity index (χ1n) is 6.81. The monoisotopic (exact) mass is 336 g/mol. The van der Waals surface area contributed by atoms with E-state index < -0.39 is 16.8 Å². The van der Waals surface area contributed by atoms with Crippen molar-refractivity contribution in [2.45, 2.75) is 19.9 Å². The van der Waals surface area contributed by atoms with Crippen LogP contribution in [0.2, 0.25) is 5.02 Å². The number of Topliss-reactive ketones (excluding diaryl/α,β-unsaturated/α-hetero) is 1. The van der Waals surface area contributed by atoms with E-state index in [9.17, 15) is 19.3 Å². The zero-order valence-corrected chi connectivity index (χ0v) is 13.2. The molecule has 7 heteroatoms. The highest BCUT2D eigenvalue weighted by Gasteiger charge is 2.20. The van der Waals surface area contributed by atoms with Crippen LogP contribution in [0.5, 0.6) is 0 Å². The average molecular weight is 337 g/mol. The topological polar surface area (TPSA) is 72.2 Å². The van der Waals surface area contributed by atoms with E-state index in [1.54, 1.807) is 13.0 Å². The number of nitro groups is 1. The van der Waals surface area contributed by atoms with Gasteiger partial charge in [-0.05, 0) is 38.1 Å². The fourth-order valence-corrected chi connectivity index (χ4v) is 2.58. The molecule has 0 saturated heterocycles. The second-order valence-electron chi connectivity index (χ2n) is 5.05. The van der Waals surface area contributed by atoms with Crippen LogP contribution in [0.15, 0.2) is 36.4 Å². The van der Waals surface area contributed by atoms with Gasteiger partial charge in [0.1, 0.15) is 11.5 Å². The van der Waals surface area contributed by atoms with E-state index in [4.69, 9.17) is 11.6 Å². The number of anilines is 1. The molecule has 23 heavy (non-hydrogen) atoms. The first-order valence-corrected chi connectivity index (χ1v) is 7.19. The summed E-state index contributed by atoms with van der Waals surface area (Å²) in [4.78, 5) is 22.0. The maximum absolute atomic E-state index is 13.9. The van der Waals surface area contributed by atoms with Crippen LogP contribution in [0.1, 0.15) is 35.8 Å². The Morgan fingerprint density at radius 3 is 2.61 bits per heavy atom. The van der Waals surface area contributed by atoms with E-state index >= 15 is 0 Å². The maximum atomic E-state index is 13.9. The highest BCUT2D eigenvalue weighted by Crippen LogP contribution is 2.32. The van der Waals surface area contributed by atoms with Gasteiger partial charge in [-0.1, -0.05) is 17.7 Å². The highest BCUT2D eigenvalue weighted by atomic mass is 35.5. The van der Waals surface area contributed by atoms with Gasteiger partial charge in [-0.2, -0.15) is 0 Å². The number of halogens is 2. The molecular formula is C16H14ClFN2O3. The lowest BCUT2D eigenvalue weighted by Gasteiger charge is -2.18. The third kappa shape index (κ3) is 3.65. The van der Waals surface area contributed by atoms with Crippen molar-refractivity contribution >= 4 is 28.8 Å². The van der Waals surface area contributed by atoms with Crippen molar-refractivity contribution in [3.63, 3.8) is 0 Å². The number of rotatable bonds is 5. The van der Waals surface area contributed by atoms with Crippen LogP contribution in [-0.2, 0) is 0 Å². The van der Waals surface area contributed by atoms with Gasteiger partial charge in [0.25, 0.3) is 5.69 Å². The number of hydrogen-bond donors (Lipinski definition) is 1. The van der Waals surface area contributed by atoms with Crippen molar-refractivity contribution in [2.24, 2.45) is 0 Å². The normalized spacial score (nSPS) is 11.8. The summed E-state index contributed by atoms with van der Waals surface area (Å²) >= 11 is 6.00. The predicted molar refractivity (Wildman–Crippen MR) is 86.5 cm³/mol. The summed E-state index contributed by atoms with van der Waals surface area (Å²) < 4.78 is 13.9. The Bertz CT molecular complexity index is 760. The van der Waals surface area contributed by atoms with Crippen LogP contribution in [0.4, 0.5) is 15.8 Å². The largest absolute Gasteiger partial charge is 0.373 e. The molecule has 0 spiro atoms. The van der Waals surface area contributed by atoms with Crippen LogP contribution >= 0.6 is 11.6 Å². The van der Waals surface area contributed by atoms with Gasteiger partial charge in [-0.15, -0.1) is 0 Å². The molecule has 2 aromatic rings. The summed E-state index contributed by atoms with van der Waals surface area (Å²) in [6.45, 7) is 2.97. The SMILES string of the molecule is CC(=O)c1ccc(NC(C)c2c(F)cccc2Cl)c([N+](=O)[O-])c1. The molecular weight excluding hydrogens is 323 g/mol. The Hall–Kier alpha value is -2.47. The maximum Gasteiger partial charge on any atom is 0.293 e. The van der Waals surface area contributed by atoms with Gasteiger partial charge in [0.05, 0.1) is 11.0 Å². The molecule has 2 aromatic carbocycles. The standard InChI is InChI=1S/C16H14ClFN2O3/c1-9(16-12(17)4-3-5-13(16)18)19-14-7-6-11(10(2)21)8-15(14)20(22)23/h3-9,19H,1-2H3. The molecule has 0 saturated carbocycles. The van der Waals surface area contributed by atoms with Gasteiger partial charge in [0.2, 0.25) is 0 Å². The van der Waals surface area contributed by atoms with Gasteiger partial charge in [0, 0.05) is 22.2 Å². The quantitative estimate of drug-likeness (QED) is 0.485. The minimum absolute atomic E-state index is 0.187. The van der Waals surface area contributed by atoms with Crippen LogP contribution < -0.4 is 5.32 Å². The molecule has 0 aliphatic rings. The van der Waals surface area contributed by atoms with E-state index in [0.29, 0.717) is 0 Å². The molecule has 0 aliphatic carbocycles. The Kier molecular flexibility index (Phi) is 4.95. The Labute approximate surface area is 137 Å². The second kappa shape index (κ2) is 6.75. The minimum Gasteiger partial charge on any atom is -0.373 e. The molecule has 1 atom stereocenters. The molecule has 2 rings (SSSR count). The Morgan fingerprint density at radius 2 is 2.04 bits per heavy atom. The zero-order valence-electron chi connectivity index (χ0n) is 12.5. The number of nitrogens with one attached hydrogen (secondary N) is 1. The van der Waals surface area contributed by atoms with Crippen LogP contribution in [0.25, 0.3) is 0 Å². The third-order valence-electron chi connectivity index (χ3n) is 3.41. The predicted octanol–water partition coefficient (Wildman–Crippen LogP) is 4.76. The van der Waals surface area contributed by atoms with Crippen LogP contribution in [0.3, 0.4) is 0 Å². The minimum atomic E-state index is -0.593. The van der Waals surface area contributed by atoms with E-state index in [1.807, 2.05) is 0 Å². The molecule has 0 bridgehead atoms. The molecule has 0 heterocycles. The molecule has 0 amide bonds. The summed E-state index contributed by atoms with van der Waals surface area (Å²) in [6, 6.07) is 7.81. The lowest BCUT2D eigenvalue weighted by atomic mass is 10.1. The van der Waals surface area contributed by atoms with Gasteiger partial charge in [-0.3, -0.25) is 14.9 Å². The number of carbonyl (C=O) groups is 1. The van der Waals surface area contributed by atoms with Crippen LogP contribution in [-0.4, -0.2) is 10.7 Å². The molecule has 0 aliphatic heterocycles. The number of ketones is 1. The number of nitro benzene ring substituents is 1. The summed E-state index contributed by atoms with van der Waals surface area (Å²) in [5.74, 6) is -0.773. The van der Waals surface area contributed by atoms with E-state index in [1.165, 1.54) is 37.3 Å².